The minimum atomic E-state index is 0.384. The number of nitrogens with zero attached hydrogens (tertiary/aromatic N) is 1. The number of carbonyl (C=O) groups excluding carboxylic acids is 1. The van der Waals surface area contributed by atoms with Gasteiger partial charge in [-0.1, -0.05) is 0 Å². The second-order valence-electron chi connectivity index (χ2n) is 3.49. The van der Waals surface area contributed by atoms with Crippen LogP contribution in [0, 0.1) is 5.92 Å². The Kier molecular flexibility index (Phi) is 1.82. The second-order valence-corrected chi connectivity index (χ2v) is 3.49. The Balaban J connectivity index is 1.97. The van der Waals surface area contributed by atoms with Crippen molar-refractivity contribution in [1.82, 2.24) is 10.2 Å². The van der Waals surface area contributed by atoms with Crippen LogP contribution in [0.3, 0.4) is 0 Å². The van der Waals surface area contributed by atoms with E-state index in [1.165, 1.54) is 25.9 Å². The van der Waals surface area contributed by atoms with E-state index in [4.69, 9.17) is 0 Å². The van der Waals surface area contributed by atoms with Crippen molar-refractivity contribution in [3.8, 4) is 0 Å². The van der Waals surface area contributed by atoms with E-state index in [0.717, 1.165) is 12.5 Å². The number of piperidine rings is 3. The third-order valence-corrected chi connectivity index (χ3v) is 2.90. The molecule has 3 heteroatoms. The first kappa shape index (κ1) is 7.10. The quantitative estimate of drug-likeness (QED) is 0.554. The Morgan fingerprint density at radius 2 is 2.09 bits per heavy atom. The van der Waals surface area contributed by atoms with E-state index < -0.39 is 0 Å². The monoisotopic (exact) mass is 153 g/mol. The first-order valence-electron chi connectivity index (χ1n) is 4.25. The van der Waals surface area contributed by atoms with Gasteiger partial charge >= 0.3 is 6.41 Å². The smallest absolute Gasteiger partial charge is 0.309 e. The summed E-state index contributed by atoms with van der Waals surface area (Å²) >= 11 is 0. The molecule has 0 saturated carbocycles. The molecule has 11 heavy (non-hydrogen) atoms. The van der Waals surface area contributed by atoms with Gasteiger partial charge in [0.2, 0.25) is 0 Å². The fourth-order valence-corrected chi connectivity index (χ4v) is 2.20. The molecule has 3 rings (SSSR count). The van der Waals surface area contributed by atoms with Crippen molar-refractivity contribution in [3.05, 3.63) is 0 Å². The van der Waals surface area contributed by atoms with Crippen molar-refractivity contribution in [2.24, 2.45) is 5.92 Å². The SMILES string of the molecule is O=[C]NC1CN2CCC1CC2. The van der Waals surface area contributed by atoms with Gasteiger partial charge in [-0.3, -0.25) is 4.79 Å². The Hall–Kier alpha value is -0.570. The van der Waals surface area contributed by atoms with Crippen LogP contribution in [0.2, 0.25) is 0 Å². The molecule has 3 aliphatic rings. The molecule has 0 aromatic carbocycles. The van der Waals surface area contributed by atoms with Gasteiger partial charge in [0.15, 0.2) is 0 Å². The van der Waals surface area contributed by atoms with Crippen LogP contribution in [0.25, 0.3) is 0 Å². The predicted octanol–water partition coefficient (Wildman–Crippen LogP) is -0.263. The predicted molar refractivity (Wildman–Crippen MR) is 41.8 cm³/mol. The van der Waals surface area contributed by atoms with Crippen molar-refractivity contribution in [2.75, 3.05) is 19.6 Å². The molecule has 1 atom stereocenters. The van der Waals surface area contributed by atoms with Crippen molar-refractivity contribution in [2.45, 2.75) is 18.9 Å². The second kappa shape index (κ2) is 2.81. The molecule has 1 radical (unpaired) electrons. The lowest BCUT2D eigenvalue weighted by Gasteiger charge is -2.44. The molecule has 0 aliphatic carbocycles. The van der Waals surface area contributed by atoms with Crippen molar-refractivity contribution in [1.29, 1.82) is 0 Å². The summed E-state index contributed by atoms with van der Waals surface area (Å²) in [5.74, 6) is 0.724. The van der Waals surface area contributed by atoms with E-state index in [0.29, 0.717) is 6.04 Å². The lowest BCUT2D eigenvalue weighted by molar-refractivity contribution is 0.0809. The van der Waals surface area contributed by atoms with E-state index >= 15 is 0 Å². The normalized spacial score (nSPS) is 42.0. The van der Waals surface area contributed by atoms with Gasteiger partial charge in [-0.15, -0.1) is 0 Å². The highest BCUT2D eigenvalue weighted by atomic mass is 16.1. The van der Waals surface area contributed by atoms with E-state index in [1.807, 2.05) is 0 Å². The topological polar surface area (TPSA) is 32.3 Å². The summed E-state index contributed by atoms with van der Waals surface area (Å²) in [5.41, 5.74) is 0. The molecule has 0 spiro atoms. The molecule has 1 unspecified atom stereocenters. The van der Waals surface area contributed by atoms with Crippen LogP contribution < -0.4 is 5.32 Å². The molecule has 1 amide bonds. The van der Waals surface area contributed by atoms with Crippen molar-refractivity contribution < 1.29 is 4.79 Å². The highest BCUT2D eigenvalue weighted by Crippen LogP contribution is 2.26. The Bertz CT molecular complexity index is 152. The number of nitrogens with one attached hydrogen (secondary N) is 1. The van der Waals surface area contributed by atoms with E-state index in [-0.39, 0.29) is 0 Å². The standard InChI is InChI=1S/C8H13N2O/c11-6-9-8-5-10-3-1-7(8)2-4-10/h7-8H,1-5H2,(H,9,11). The molecule has 0 aromatic heterocycles. The third kappa shape index (κ3) is 1.25. The van der Waals surface area contributed by atoms with Crippen LogP contribution in [-0.4, -0.2) is 37.0 Å². The fourth-order valence-electron chi connectivity index (χ4n) is 2.20. The van der Waals surface area contributed by atoms with Gasteiger partial charge in [-0.05, 0) is 31.8 Å². The van der Waals surface area contributed by atoms with Gasteiger partial charge in [0, 0.05) is 12.6 Å². The van der Waals surface area contributed by atoms with E-state index in [2.05, 4.69) is 10.2 Å². The maximum atomic E-state index is 10.1. The summed E-state index contributed by atoms with van der Waals surface area (Å²) in [4.78, 5) is 12.5. The summed E-state index contributed by atoms with van der Waals surface area (Å²) in [5, 5.41) is 2.77. The zero-order chi connectivity index (χ0) is 7.68. The highest BCUT2D eigenvalue weighted by molar-refractivity contribution is 5.48. The van der Waals surface area contributed by atoms with Gasteiger partial charge in [0.1, 0.15) is 0 Å². The Morgan fingerprint density at radius 3 is 2.55 bits per heavy atom. The maximum Gasteiger partial charge on any atom is 0.309 e. The zero-order valence-electron chi connectivity index (χ0n) is 6.55. The Labute approximate surface area is 66.8 Å². The number of fused-ring (bicyclic) bond motifs is 3. The van der Waals surface area contributed by atoms with Gasteiger partial charge in [-0.25, -0.2) is 0 Å². The maximum absolute atomic E-state index is 10.1. The Morgan fingerprint density at radius 1 is 1.36 bits per heavy atom. The minimum absolute atomic E-state index is 0.384. The average Bonchev–Trinajstić information content (AvgIpc) is 2.07. The molecular weight excluding hydrogens is 140 g/mol. The third-order valence-electron chi connectivity index (χ3n) is 2.90. The molecule has 3 fully saturated rings. The molecule has 3 aliphatic heterocycles. The van der Waals surface area contributed by atoms with Crippen LogP contribution in [0.4, 0.5) is 0 Å². The molecule has 2 bridgehead atoms. The van der Waals surface area contributed by atoms with Crippen molar-refractivity contribution >= 4 is 6.41 Å². The molecular formula is C8H13N2O. The number of hydrogen-bond donors (Lipinski definition) is 1. The first-order valence-corrected chi connectivity index (χ1v) is 4.25. The van der Waals surface area contributed by atoms with Gasteiger partial charge in [0.05, 0.1) is 0 Å². The minimum Gasteiger partial charge on any atom is -0.344 e. The lowest BCUT2D eigenvalue weighted by atomic mass is 9.84. The summed E-state index contributed by atoms with van der Waals surface area (Å²) in [6, 6.07) is 0.384. The zero-order valence-corrected chi connectivity index (χ0v) is 6.55. The van der Waals surface area contributed by atoms with Crippen molar-refractivity contribution in [3.63, 3.8) is 0 Å². The largest absolute Gasteiger partial charge is 0.344 e. The van der Waals surface area contributed by atoms with Crippen LogP contribution in [0.5, 0.6) is 0 Å². The number of hydrogen-bond acceptors (Lipinski definition) is 2. The summed E-state index contributed by atoms with van der Waals surface area (Å²) in [7, 11) is 0. The van der Waals surface area contributed by atoms with Crippen LogP contribution >= 0.6 is 0 Å². The number of rotatable bonds is 2. The average molecular weight is 153 g/mol. The van der Waals surface area contributed by atoms with Crippen LogP contribution in [-0.2, 0) is 4.79 Å². The van der Waals surface area contributed by atoms with E-state index in [9.17, 15) is 4.79 Å². The van der Waals surface area contributed by atoms with Crippen LogP contribution in [0.15, 0.2) is 0 Å². The molecule has 0 aromatic rings. The van der Waals surface area contributed by atoms with E-state index in [1.54, 1.807) is 6.41 Å². The molecule has 1 N–H and O–H groups in total. The summed E-state index contributed by atoms with van der Waals surface area (Å²) in [6.45, 7) is 3.49. The molecule has 3 nitrogen and oxygen atoms in total. The summed E-state index contributed by atoms with van der Waals surface area (Å²) < 4.78 is 0. The molecule has 3 saturated heterocycles. The number of amides is 1. The van der Waals surface area contributed by atoms with Gasteiger partial charge in [-0.2, -0.15) is 0 Å². The fraction of sp³-hybridized carbons (Fsp3) is 0.875. The highest BCUT2D eigenvalue weighted by Gasteiger charge is 2.33. The molecule has 3 heterocycles. The molecule has 61 valence electrons. The lowest BCUT2D eigenvalue weighted by Crippen LogP contribution is -2.55. The summed E-state index contributed by atoms with van der Waals surface area (Å²) in [6.07, 6.45) is 4.29. The van der Waals surface area contributed by atoms with Gasteiger partial charge < -0.3 is 10.2 Å². The van der Waals surface area contributed by atoms with Crippen LogP contribution in [0.1, 0.15) is 12.8 Å². The first-order chi connectivity index (χ1) is 5.40. The van der Waals surface area contributed by atoms with Gasteiger partial charge in [0.25, 0.3) is 0 Å².